The molecule has 4 atom stereocenters. The van der Waals surface area contributed by atoms with Crippen molar-refractivity contribution in [1.29, 1.82) is 0 Å². The van der Waals surface area contributed by atoms with Crippen LogP contribution < -0.4 is 11.1 Å². The van der Waals surface area contributed by atoms with E-state index in [1.165, 1.54) is 11.0 Å². The quantitative estimate of drug-likeness (QED) is 0.321. The number of ketones is 2. The molecule has 0 radical (unpaired) electrons. The number of Topliss-reactive ketones (excluding diaryl/α,β-unsaturated/α-hetero) is 2. The van der Waals surface area contributed by atoms with Gasteiger partial charge >= 0.3 is 0 Å². The highest BCUT2D eigenvalue weighted by molar-refractivity contribution is 6.24. The van der Waals surface area contributed by atoms with Gasteiger partial charge in [-0.1, -0.05) is 20.8 Å². The van der Waals surface area contributed by atoms with Gasteiger partial charge in [-0.05, 0) is 44.5 Å². The van der Waals surface area contributed by atoms with E-state index in [1.807, 2.05) is 0 Å². The third-order valence-electron chi connectivity index (χ3n) is 7.47. The molecule has 4 rings (SSSR count). The molecule has 3 aliphatic carbocycles. The number of carbonyl (C=O) groups excluding carboxylic acids is 4. The molecule has 1 aromatic carbocycles. The summed E-state index contributed by atoms with van der Waals surface area (Å²) in [5.41, 5.74) is 1.44. The molecule has 3 aliphatic rings. The van der Waals surface area contributed by atoms with Gasteiger partial charge in [0.2, 0.25) is 11.7 Å². The number of phenolic OH excluding ortho intramolecular Hbond substituents is 1. The maximum atomic E-state index is 13.5. The Morgan fingerprint density at radius 3 is 2.30 bits per heavy atom. The highest BCUT2D eigenvalue weighted by atomic mass is 16.3. The largest absolute Gasteiger partial charge is 0.510 e. The number of aliphatic hydroxyl groups excluding tert-OH is 2. The third kappa shape index (κ3) is 3.80. The van der Waals surface area contributed by atoms with E-state index < -0.39 is 69.2 Å². The maximum Gasteiger partial charge on any atom is 0.255 e. The molecule has 0 saturated heterocycles. The van der Waals surface area contributed by atoms with Crippen LogP contribution in [0, 0.1) is 17.3 Å². The Balaban J connectivity index is 1.85. The number of nitrogens with one attached hydrogen (secondary N) is 1. The summed E-state index contributed by atoms with van der Waals surface area (Å²) in [5.74, 6) is -7.40. The number of allylic oxidation sites excluding steroid dienone is 1. The Hall–Kier alpha value is -3.70. The maximum absolute atomic E-state index is 13.5. The Kier molecular flexibility index (Phi) is 6.00. The van der Waals surface area contributed by atoms with Crippen molar-refractivity contribution in [3.8, 4) is 5.75 Å². The number of rotatable bonds is 3. The van der Waals surface area contributed by atoms with E-state index in [0.29, 0.717) is 11.3 Å². The lowest BCUT2D eigenvalue weighted by molar-refractivity contribution is -0.148. The molecule has 1 aromatic rings. The SMILES string of the molecule is CN(C)[C@@H]1C(O)=C(C(N)=O)C(=O)[C@@]2(O)C(O)=C3C(=O)c4c(O)cc(NC(=O)C(C)(C)C)cc4C[C@H]3C[C@@H]12. The second-order valence-corrected chi connectivity index (χ2v) is 11.2. The number of phenols is 1. The first kappa shape index (κ1) is 26.4. The van der Waals surface area contributed by atoms with Crippen molar-refractivity contribution in [2.75, 3.05) is 19.4 Å². The van der Waals surface area contributed by atoms with Crippen molar-refractivity contribution in [3.05, 3.63) is 45.9 Å². The molecular weight excluding hydrogens is 482 g/mol. The van der Waals surface area contributed by atoms with Crippen molar-refractivity contribution >= 4 is 29.1 Å². The Bertz CT molecular complexity index is 1320. The minimum absolute atomic E-state index is 0.00883. The summed E-state index contributed by atoms with van der Waals surface area (Å²) < 4.78 is 0. The van der Waals surface area contributed by atoms with E-state index in [0.717, 1.165) is 0 Å². The van der Waals surface area contributed by atoms with Crippen LogP contribution in [0.2, 0.25) is 0 Å². The molecule has 0 saturated carbocycles. The van der Waals surface area contributed by atoms with Crippen LogP contribution in [0.4, 0.5) is 5.69 Å². The smallest absolute Gasteiger partial charge is 0.255 e. The molecule has 0 unspecified atom stereocenters. The zero-order valence-corrected chi connectivity index (χ0v) is 21.2. The summed E-state index contributed by atoms with van der Waals surface area (Å²) in [6, 6.07) is 1.73. The van der Waals surface area contributed by atoms with Crippen LogP contribution in [0.1, 0.15) is 43.1 Å². The normalized spacial score (nSPS) is 27.6. The molecule has 0 aliphatic heterocycles. The number of carbonyl (C=O) groups is 4. The number of aliphatic hydroxyl groups is 3. The van der Waals surface area contributed by atoms with Gasteiger partial charge in [-0.2, -0.15) is 0 Å². The average Bonchev–Trinajstić information content (AvgIpc) is 2.74. The molecule has 11 nitrogen and oxygen atoms in total. The summed E-state index contributed by atoms with van der Waals surface area (Å²) in [6.45, 7) is 5.19. The van der Waals surface area contributed by atoms with Gasteiger partial charge in [0.1, 0.15) is 22.8 Å². The Morgan fingerprint density at radius 2 is 1.76 bits per heavy atom. The minimum Gasteiger partial charge on any atom is -0.510 e. The van der Waals surface area contributed by atoms with Crippen LogP contribution in [-0.2, 0) is 20.8 Å². The van der Waals surface area contributed by atoms with Gasteiger partial charge in [0.15, 0.2) is 11.4 Å². The second kappa shape index (κ2) is 8.42. The number of nitrogens with two attached hydrogens (primary N) is 1. The lowest BCUT2D eigenvalue weighted by Gasteiger charge is -2.50. The Morgan fingerprint density at radius 1 is 1.14 bits per heavy atom. The van der Waals surface area contributed by atoms with E-state index in [1.54, 1.807) is 40.9 Å². The Labute approximate surface area is 213 Å². The van der Waals surface area contributed by atoms with E-state index in [2.05, 4.69) is 5.32 Å². The number of benzene rings is 1. The van der Waals surface area contributed by atoms with Crippen molar-refractivity contribution in [2.45, 2.75) is 45.3 Å². The van der Waals surface area contributed by atoms with Gasteiger partial charge in [-0.25, -0.2) is 0 Å². The van der Waals surface area contributed by atoms with Crippen LogP contribution in [0.25, 0.3) is 0 Å². The molecule has 0 heterocycles. The summed E-state index contributed by atoms with van der Waals surface area (Å²) in [7, 11) is 3.13. The third-order valence-corrected chi connectivity index (χ3v) is 7.47. The number of amides is 2. The monoisotopic (exact) mass is 513 g/mol. The number of fused-ring (bicyclic) bond motifs is 3. The van der Waals surface area contributed by atoms with Gasteiger partial charge in [-0.15, -0.1) is 0 Å². The first-order valence-electron chi connectivity index (χ1n) is 11.8. The fraction of sp³-hybridized carbons (Fsp3) is 0.462. The number of likely N-dealkylation sites (N-methyl/N-ethyl adjacent to an activating group) is 1. The van der Waals surface area contributed by atoms with Crippen molar-refractivity contribution in [1.82, 2.24) is 4.90 Å². The van der Waals surface area contributed by atoms with Crippen LogP contribution >= 0.6 is 0 Å². The van der Waals surface area contributed by atoms with E-state index >= 15 is 0 Å². The second-order valence-electron chi connectivity index (χ2n) is 11.2. The molecule has 11 heteroatoms. The topological polar surface area (TPSA) is 190 Å². The lowest BCUT2D eigenvalue weighted by Crippen LogP contribution is -2.63. The van der Waals surface area contributed by atoms with E-state index in [-0.39, 0.29) is 29.9 Å². The van der Waals surface area contributed by atoms with E-state index in [4.69, 9.17) is 5.73 Å². The van der Waals surface area contributed by atoms with Crippen molar-refractivity contribution in [2.24, 2.45) is 23.0 Å². The number of hydrogen-bond donors (Lipinski definition) is 6. The molecule has 0 spiro atoms. The van der Waals surface area contributed by atoms with Crippen molar-refractivity contribution in [3.63, 3.8) is 0 Å². The summed E-state index contributed by atoms with van der Waals surface area (Å²) in [6.07, 6.45) is 0.131. The van der Waals surface area contributed by atoms with Crippen LogP contribution in [-0.4, -0.2) is 74.4 Å². The lowest BCUT2D eigenvalue weighted by atomic mass is 9.58. The highest BCUT2D eigenvalue weighted by Crippen LogP contribution is 2.52. The average molecular weight is 514 g/mol. The van der Waals surface area contributed by atoms with Gasteiger partial charge in [0.05, 0.1) is 11.6 Å². The fourth-order valence-electron chi connectivity index (χ4n) is 5.67. The number of anilines is 1. The molecule has 0 fully saturated rings. The van der Waals surface area contributed by atoms with Crippen LogP contribution in [0.15, 0.2) is 34.8 Å². The van der Waals surface area contributed by atoms with E-state index in [9.17, 15) is 39.6 Å². The van der Waals surface area contributed by atoms with Gasteiger partial charge in [0, 0.05) is 28.7 Å². The van der Waals surface area contributed by atoms with Crippen LogP contribution in [0.5, 0.6) is 5.75 Å². The molecule has 7 N–H and O–H groups in total. The predicted octanol–water partition coefficient (Wildman–Crippen LogP) is 1.11. The van der Waals surface area contributed by atoms with Crippen molar-refractivity contribution < 1.29 is 39.6 Å². The number of hydrogen-bond acceptors (Lipinski definition) is 9. The molecule has 0 aromatic heterocycles. The molecule has 2 amide bonds. The number of nitrogens with zero attached hydrogens (tertiary/aromatic N) is 1. The number of aromatic hydroxyl groups is 1. The molecule has 0 bridgehead atoms. The zero-order chi connectivity index (χ0) is 27.8. The van der Waals surface area contributed by atoms with Gasteiger partial charge in [-0.3, -0.25) is 24.1 Å². The van der Waals surface area contributed by atoms with Crippen LogP contribution in [0.3, 0.4) is 0 Å². The summed E-state index contributed by atoms with van der Waals surface area (Å²) >= 11 is 0. The molecule has 37 heavy (non-hydrogen) atoms. The number of primary amides is 1. The minimum atomic E-state index is -2.68. The highest BCUT2D eigenvalue weighted by Gasteiger charge is 2.63. The van der Waals surface area contributed by atoms with Gasteiger partial charge in [0.25, 0.3) is 5.91 Å². The predicted molar refractivity (Wildman–Crippen MR) is 132 cm³/mol. The fourth-order valence-corrected chi connectivity index (χ4v) is 5.67. The first-order valence-corrected chi connectivity index (χ1v) is 11.8. The molecule has 198 valence electrons. The summed E-state index contributed by atoms with van der Waals surface area (Å²) in [5, 5.41) is 47.0. The molecular formula is C26H31N3O8. The summed E-state index contributed by atoms with van der Waals surface area (Å²) in [4.78, 5) is 52.8. The standard InChI is InChI=1S/C26H31N3O8/c1-25(2,3)24(36)28-12-7-10-6-11-8-13-18(29(4)5)20(32)17(23(27)35)22(34)26(13,37)21(33)16(11)19(31)15(10)14(30)9-12/h7,9,11,13,18,30,32-33,37H,6,8H2,1-5H3,(H2,27,35)(H,28,36)/t11-,13-,18-,26-/m0/s1. The first-order chi connectivity index (χ1) is 17.0. The van der Waals surface area contributed by atoms with Gasteiger partial charge < -0.3 is 31.5 Å². The zero-order valence-electron chi connectivity index (χ0n) is 21.2.